The van der Waals surface area contributed by atoms with Gasteiger partial charge in [0.1, 0.15) is 0 Å². The van der Waals surface area contributed by atoms with Gasteiger partial charge in [-0.2, -0.15) is 6.07 Å². The number of rotatable bonds is 1. The Balaban J connectivity index is 0.00000108. The Hall–Kier alpha value is -1.62. The molecule has 0 aliphatic rings. The first-order chi connectivity index (χ1) is 7.90. The van der Waals surface area contributed by atoms with E-state index in [1.807, 2.05) is 42.7 Å². The molecule has 0 aliphatic carbocycles. The molecular weight excluding hydrogens is 248 g/mol. The van der Waals surface area contributed by atoms with Crippen molar-refractivity contribution >= 4 is 27.8 Å². The zero-order valence-corrected chi connectivity index (χ0v) is 10.3. The monoisotopic (exact) mass is 257 g/mol. The summed E-state index contributed by atoms with van der Waals surface area (Å²) in [4.78, 5) is 10.8. The van der Waals surface area contributed by atoms with Crippen LogP contribution in [0.2, 0.25) is 0 Å². The molecule has 2 heteroatoms. The number of carbonyl (C=O) groups excluding carboxylic acids is 1. The van der Waals surface area contributed by atoms with Gasteiger partial charge in [0.15, 0.2) is 0 Å². The Labute approximate surface area is 110 Å². The van der Waals surface area contributed by atoms with Crippen molar-refractivity contribution in [2.45, 2.75) is 0 Å². The minimum Gasteiger partial charge on any atom is -0.376 e. The molecule has 3 rings (SSSR count). The standard InChI is InChI=1S/C15H9O.Cr/c16-10-12-5-3-7-15-13-6-2-1-4-11(13)8-9-14(12)15;/h1-9H;/q-1;. The van der Waals surface area contributed by atoms with Crippen LogP contribution >= 0.6 is 0 Å². The Morgan fingerprint density at radius 1 is 0.706 bits per heavy atom. The molecular formula is C15H9CrO-. The predicted octanol–water partition coefficient (Wildman–Crippen LogP) is 3.45. The Bertz CT molecular complexity index is 689. The summed E-state index contributed by atoms with van der Waals surface area (Å²) < 4.78 is 0. The molecule has 0 amide bonds. The van der Waals surface area contributed by atoms with E-state index in [-0.39, 0.29) is 17.4 Å². The molecule has 0 saturated carbocycles. The van der Waals surface area contributed by atoms with Crippen LogP contribution in [0.15, 0.2) is 54.6 Å². The second-order valence-corrected chi connectivity index (χ2v) is 3.79. The first-order valence-electron chi connectivity index (χ1n) is 5.19. The van der Waals surface area contributed by atoms with E-state index >= 15 is 0 Å². The fourth-order valence-corrected chi connectivity index (χ4v) is 2.13. The molecule has 3 aromatic rings. The first kappa shape index (κ1) is 11.9. The molecule has 0 spiro atoms. The Kier molecular flexibility index (Phi) is 3.29. The van der Waals surface area contributed by atoms with Crippen LogP contribution in [0.25, 0.3) is 21.5 Å². The fraction of sp³-hybridized carbons (Fsp3) is 0. The summed E-state index contributed by atoms with van der Waals surface area (Å²) in [6.07, 6.45) is 1.98. The molecule has 0 aliphatic heterocycles. The van der Waals surface area contributed by atoms with Gasteiger partial charge in [0.2, 0.25) is 0 Å². The Morgan fingerprint density at radius 2 is 1.47 bits per heavy atom. The fourth-order valence-electron chi connectivity index (χ4n) is 2.13. The van der Waals surface area contributed by atoms with Crippen molar-refractivity contribution < 1.29 is 22.2 Å². The van der Waals surface area contributed by atoms with Gasteiger partial charge in [0, 0.05) is 17.4 Å². The van der Waals surface area contributed by atoms with E-state index in [9.17, 15) is 4.79 Å². The van der Waals surface area contributed by atoms with Crippen LogP contribution in [0.3, 0.4) is 0 Å². The molecule has 0 fully saturated rings. The molecule has 17 heavy (non-hydrogen) atoms. The van der Waals surface area contributed by atoms with E-state index in [1.54, 1.807) is 6.07 Å². The molecule has 0 saturated heterocycles. The second kappa shape index (κ2) is 4.71. The third-order valence-corrected chi connectivity index (χ3v) is 2.90. The zero-order valence-electron chi connectivity index (χ0n) is 9.01. The molecule has 0 N–H and O–H groups in total. The van der Waals surface area contributed by atoms with Crippen LogP contribution in [0, 0.1) is 0 Å². The van der Waals surface area contributed by atoms with E-state index < -0.39 is 0 Å². The van der Waals surface area contributed by atoms with Crippen LogP contribution in [-0.2, 0) is 22.2 Å². The molecule has 0 unspecified atom stereocenters. The SMILES string of the molecule is O=[C-]c1cccc2c1ccc1ccccc12.[Cr]. The zero-order chi connectivity index (χ0) is 11.0. The summed E-state index contributed by atoms with van der Waals surface area (Å²) in [7, 11) is 0. The summed E-state index contributed by atoms with van der Waals surface area (Å²) >= 11 is 0. The van der Waals surface area contributed by atoms with Crippen LogP contribution in [0.4, 0.5) is 0 Å². The van der Waals surface area contributed by atoms with Gasteiger partial charge in [-0.25, -0.2) is 0 Å². The van der Waals surface area contributed by atoms with Gasteiger partial charge in [-0.3, -0.25) is 0 Å². The minimum absolute atomic E-state index is 0. The minimum atomic E-state index is 0. The average Bonchev–Trinajstić information content (AvgIpc) is 2.37. The molecule has 0 bridgehead atoms. The molecule has 82 valence electrons. The van der Waals surface area contributed by atoms with Crippen molar-refractivity contribution in [3.63, 3.8) is 0 Å². The van der Waals surface area contributed by atoms with Gasteiger partial charge in [-0.1, -0.05) is 41.8 Å². The van der Waals surface area contributed by atoms with Gasteiger partial charge in [0.05, 0.1) is 6.29 Å². The van der Waals surface area contributed by atoms with Gasteiger partial charge in [-0.15, -0.1) is 23.1 Å². The Morgan fingerprint density at radius 3 is 2.29 bits per heavy atom. The van der Waals surface area contributed by atoms with Gasteiger partial charge < -0.3 is 4.79 Å². The topological polar surface area (TPSA) is 17.1 Å². The summed E-state index contributed by atoms with van der Waals surface area (Å²) in [5.41, 5.74) is 0.628. The summed E-state index contributed by atoms with van der Waals surface area (Å²) in [6, 6.07) is 17.9. The maximum atomic E-state index is 10.8. The van der Waals surface area contributed by atoms with Crippen molar-refractivity contribution in [1.82, 2.24) is 0 Å². The average molecular weight is 257 g/mol. The molecule has 0 atom stereocenters. The third kappa shape index (κ3) is 1.87. The van der Waals surface area contributed by atoms with Crippen molar-refractivity contribution in [3.8, 4) is 0 Å². The first-order valence-corrected chi connectivity index (χ1v) is 5.19. The number of fused-ring (bicyclic) bond motifs is 3. The van der Waals surface area contributed by atoms with Crippen molar-refractivity contribution in [2.24, 2.45) is 0 Å². The van der Waals surface area contributed by atoms with Crippen LogP contribution in [-0.4, -0.2) is 6.29 Å². The molecule has 0 radical (unpaired) electrons. The van der Waals surface area contributed by atoms with E-state index in [1.165, 1.54) is 10.8 Å². The van der Waals surface area contributed by atoms with Gasteiger partial charge >= 0.3 is 0 Å². The molecule has 3 aromatic carbocycles. The number of hydrogen-bond acceptors (Lipinski definition) is 1. The number of benzene rings is 3. The normalized spacial score (nSPS) is 10.1. The quantitative estimate of drug-likeness (QED) is 0.482. The van der Waals surface area contributed by atoms with E-state index in [0.717, 1.165) is 10.8 Å². The molecule has 0 aromatic heterocycles. The summed E-state index contributed by atoms with van der Waals surface area (Å²) in [5, 5.41) is 4.45. The van der Waals surface area contributed by atoms with Crippen molar-refractivity contribution in [1.29, 1.82) is 0 Å². The summed E-state index contributed by atoms with van der Waals surface area (Å²) in [6.45, 7) is 0. The van der Waals surface area contributed by atoms with Crippen molar-refractivity contribution in [3.05, 3.63) is 60.2 Å². The van der Waals surface area contributed by atoms with Gasteiger partial charge in [-0.05, 0) is 10.8 Å². The second-order valence-electron chi connectivity index (χ2n) is 3.79. The maximum absolute atomic E-state index is 10.8. The molecule has 0 heterocycles. The molecule has 1 nitrogen and oxygen atoms in total. The van der Waals surface area contributed by atoms with Crippen LogP contribution in [0.1, 0.15) is 5.56 Å². The number of hydrogen-bond donors (Lipinski definition) is 0. The largest absolute Gasteiger partial charge is 0.376 e. The van der Waals surface area contributed by atoms with Crippen molar-refractivity contribution in [2.75, 3.05) is 0 Å². The van der Waals surface area contributed by atoms with Crippen LogP contribution < -0.4 is 0 Å². The smallest absolute Gasteiger partial charge is 0.0633 e. The van der Waals surface area contributed by atoms with E-state index in [0.29, 0.717) is 5.56 Å². The third-order valence-electron chi connectivity index (χ3n) is 2.90. The maximum Gasteiger partial charge on any atom is 0.0633 e. The summed E-state index contributed by atoms with van der Waals surface area (Å²) in [5.74, 6) is 0. The predicted molar refractivity (Wildman–Crippen MR) is 66.2 cm³/mol. The van der Waals surface area contributed by atoms with Gasteiger partial charge in [0.25, 0.3) is 0 Å². The van der Waals surface area contributed by atoms with Crippen LogP contribution in [0.5, 0.6) is 0 Å². The van der Waals surface area contributed by atoms with E-state index in [2.05, 4.69) is 12.1 Å². The van der Waals surface area contributed by atoms with E-state index in [4.69, 9.17) is 0 Å².